The lowest BCUT2D eigenvalue weighted by Gasteiger charge is -2.24. The number of rotatable bonds is 3. The molecule has 0 amide bonds. The van der Waals surface area contributed by atoms with Crippen molar-refractivity contribution in [2.45, 2.75) is 12.5 Å². The van der Waals surface area contributed by atoms with Crippen LogP contribution in [0.5, 0.6) is 0 Å². The molecule has 2 heterocycles. The molecule has 1 fully saturated rings. The fourth-order valence-corrected chi connectivity index (χ4v) is 1.97. The largest absolute Gasteiger partial charge is 0.481 e. The molecule has 13 heavy (non-hydrogen) atoms. The molecule has 5 heteroatoms. The van der Waals surface area contributed by atoms with Gasteiger partial charge in [0.1, 0.15) is 0 Å². The topological polar surface area (TPSA) is 55.1 Å². The molecule has 0 atom stereocenters. The fourth-order valence-electron chi connectivity index (χ4n) is 1.22. The first-order valence-electron chi connectivity index (χ1n) is 4.08. The molecule has 0 bridgehead atoms. The number of hydrogen-bond acceptors (Lipinski definition) is 3. The van der Waals surface area contributed by atoms with Gasteiger partial charge in [-0.1, -0.05) is 0 Å². The van der Waals surface area contributed by atoms with Crippen LogP contribution in [0.25, 0.3) is 0 Å². The minimum absolute atomic E-state index is 0.0693. The van der Waals surface area contributed by atoms with Crippen LogP contribution in [0.1, 0.15) is 11.6 Å². The Morgan fingerprint density at radius 3 is 3.08 bits per heavy atom. The minimum Gasteiger partial charge on any atom is -0.481 e. The van der Waals surface area contributed by atoms with Gasteiger partial charge in [0.05, 0.1) is 18.7 Å². The SMILES string of the molecule is O=C(O)Cc1cnn(C2CSC2)c1. The molecule has 1 N–H and O–H groups in total. The third kappa shape index (κ3) is 1.85. The lowest BCUT2D eigenvalue weighted by Crippen LogP contribution is -2.23. The number of carboxylic acid groups (broad SMARTS) is 1. The zero-order valence-corrected chi connectivity index (χ0v) is 7.83. The number of aliphatic carboxylic acids is 1. The van der Waals surface area contributed by atoms with Gasteiger partial charge < -0.3 is 5.11 Å². The number of aromatic nitrogens is 2. The lowest BCUT2D eigenvalue weighted by molar-refractivity contribution is -0.136. The average Bonchev–Trinajstić information content (AvgIpc) is 2.31. The highest BCUT2D eigenvalue weighted by molar-refractivity contribution is 8.00. The number of carbonyl (C=O) groups is 1. The summed E-state index contributed by atoms with van der Waals surface area (Å²) >= 11 is 1.89. The minimum atomic E-state index is -0.803. The van der Waals surface area contributed by atoms with Crippen molar-refractivity contribution in [3.8, 4) is 0 Å². The van der Waals surface area contributed by atoms with Crippen LogP contribution < -0.4 is 0 Å². The van der Waals surface area contributed by atoms with Crippen molar-refractivity contribution in [3.63, 3.8) is 0 Å². The first kappa shape index (κ1) is 8.62. The summed E-state index contributed by atoms with van der Waals surface area (Å²) < 4.78 is 1.87. The first-order valence-corrected chi connectivity index (χ1v) is 5.24. The van der Waals surface area contributed by atoms with Gasteiger partial charge in [0, 0.05) is 23.3 Å². The zero-order valence-electron chi connectivity index (χ0n) is 7.01. The second kappa shape index (κ2) is 3.41. The summed E-state index contributed by atoms with van der Waals surface area (Å²) in [6.45, 7) is 0. The molecule has 0 unspecified atom stereocenters. The van der Waals surface area contributed by atoms with Gasteiger partial charge in [-0.15, -0.1) is 0 Å². The van der Waals surface area contributed by atoms with Crippen molar-refractivity contribution in [1.82, 2.24) is 9.78 Å². The molecule has 1 aliphatic rings. The maximum Gasteiger partial charge on any atom is 0.307 e. The van der Waals surface area contributed by atoms with Gasteiger partial charge in [-0.25, -0.2) is 0 Å². The van der Waals surface area contributed by atoms with Crippen LogP contribution in [0, 0.1) is 0 Å². The standard InChI is InChI=1S/C8H10N2O2S/c11-8(12)1-6-2-9-10(3-6)7-4-13-5-7/h2-3,7H,1,4-5H2,(H,11,12). The van der Waals surface area contributed by atoms with Crippen LogP contribution in [0.15, 0.2) is 12.4 Å². The van der Waals surface area contributed by atoms with Crippen molar-refractivity contribution in [2.24, 2.45) is 0 Å². The Morgan fingerprint density at radius 2 is 2.54 bits per heavy atom. The number of nitrogens with zero attached hydrogens (tertiary/aromatic N) is 2. The highest BCUT2D eigenvalue weighted by Crippen LogP contribution is 2.28. The van der Waals surface area contributed by atoms with E-state index in [4.69, 9.17) is 5.11 Å². The van der Waals surface area contributed by atoms with Crippen molar-refractivity contribution in [1.29, 1.82) is 0 Å². The van der Waals surface area contributed by atoms with Gasteiger partial charge in [0.25, 0.3) is 0 Å². The molecular weight excluding hydrogens is 188 g/mol. The molecule has 70 valence electrons. The van der Waals surface area contributed by atoms with Crippen LogP contribution in [-0.2, 0) is 11.2 Å². The van der Waals surface area contributed by atoms with Crippen molar-refractivity contribution >= 4 is 17.7 Å². The van der Waals surface area contributed by atoms with E-state index in [9.17, 15) is 4.79 Å². The van der Waals surface area contributed by atoms with E-state index >= 15 is 0 Å². The highest BCUT2D eigenvalue weighted by Gasteiger charge is 2.20. The summed E-state index contributed by atoms with van der Waals surface area (Å²) in [6.07, 6.45) is 3.54. The summed E-state index contributed by atoms with van der Waals surface area (Å²) in [5.41, 5.74) is 0.782. The van der Waals surface area contributed by atoms with Crippen LogP contribution in [0.4, 0.5) is 0 Å². The van der Waals surface area contributed by atoms with E-state index < -0.39 is 5.97 Å². The summed E-state index contributed by atoms with van der Waals surface area (Å²) in [5.74, 6) is 1.38. The number of hydrogen-bond donors (Lipinski definition) is 1. The Hall–Kier alpha value is -0.970. The van der Waals surface area contributed by atoms with Crippen LogP contribution >= 0.6 is 11.8 Å². The molecule has 0 aromatic carbocycles. The summed E-state index contributed by atoms with van der Waals surface area (Å²) in [4.78, 5) is 10.4. The predicted molar refractivity (Wildman–Crippen MR) is 49.9 cm³/mol. The van der Waals surface area contributed by atoms with E-state index in [1.807, 2.05) is 22.6 Å². The summed E-state index contributed by atoms with van der Waals surface area (Å²) in [7, 11) is 0. The Balaban J connectivity index is 2.04. The molecular formula is C8H10N2O2S. The van der Waals surface area contributed by atoms with E-state index in [2.05, 4.69) is 5.10 Å². The monoisotopic (exact) mass is 198 g/mol. The molecule has 1 aromatic rings. The second-order valence-electron chi connectivity index (χ2n) is 3.09. The summed E-state index contributed by atoms with van der Waals surface area (Å²) in [6, 6.07) is 0.479. The van der Waals surface area contributed by atoms with Gasteiger partial charge in [-0.2, -0.15) is 16.9 Å². The van der Waals surface area contributed by atoms with Crippen molar-refractivity contribution in [2.75, 3.05) is 11.5 Å². The fraction of sp³-hybridized carbons (Fsp3) is 0.500. The molecule has 1 aliphatic heterocycles. The quantitative estimate of drug-likeness (QED) is 0.780. The molecule has 1 saturated heterocycles. The van der Waals surface area contributed by atoms with Gasteiger partial charge in [0.2, 0.25) is 0 Å². The van der Waals surface area contributed by atoms with E-state index in [0.29, 0.717) is 6.04 Å². The van der Waals surface area contributed by atoms with Crippen LogP contribution in [0.3, 0.4) is 0 Å². The van der Waals surface area contributed by atoms with E-state index in [-0.39, 0.29) is 6.42 Å². The molecule has 2 rings (SSSR count). The first-order chi connectivity index (χ1) is 6.25. The summed E-state index contributed by atoms with van der Waals surface area (Å²) in [5, 5.41) is 12.7. The van der Waals surface area contributed by atoms with Crippen LogP contribution in [-0.4, -0.2) is 32.4 Å². The third-order valence-electron chi connectivity index (χ3n) is 2.00. The molecule has 0 aliphatic carbocycles. The number of thioether (sulfide) groups is 1. The van der Waals surface area contributed by atoms with Gasteiger partial charge in [0.15, 0.2) is 0 Å². The molecule has 0 saturated carbocycles. The normalized spacial score (nSPS) is 16.9. The van der Waals surface area contributed by atoms with Crippen molar-refractivity contribution in [3.05, 3.63) is 18.0 Å². The van der Waals surface area contributed by atoms with Crippen LogP contribution in [0.2, 0.25) is 0 Å². The van der Waals surface area contributed by atoms with E-state index in [0.717, 1.165) is 17.1 Å². The van der Waals surface area contributed by atoms with Gasteiger partial charge >= 0.3 is 5.97 Å². The molecule has 0 radical (unpaired) electrons. The Kier molecular flexibility index (Phi) is 2.26. The Bertz CT molecular complexity index is 320. The van der Waals surface area contributed by atoms with Crippen molar-refractivity contribution < 1.29 is 9.90 Å². The van der Waals surface area contributed by atoms with Gasteiger partial charge in [-0.05, 0) is 0 Å². The second-order valence-corrected chi connectivity index (χ2v) is 4.17. The lowest BCUT2D eigenvalue weighted by atomic mass is 10.2. The maximum atomic E-state index is 10.4. The highest BCUT2D eigenvalue weighted by atomic mass is 32.2. The maximum absolute atomic E-state index is 10.4. The molecule has 4 nitrogen and oxygen atoms in total. The van der Waals surface area contributed by atoms with Gasteiger partial charge in [-0.3, -0.25) is 9.48 Å². The molecule has 1 aromatic heterocycles. The molecule has 0 spiro atoms. The van der Waals surface area contributed by atoms with E-state index in [1.165, 1.54) is 0 Å². The predicted octanol–water partition coefficient (Wildman–Crippen LogP) is 0.798. The number of carboxylic acids is 1. The zero-order chi connectivity index (χ0) is 9.26. The average molecular weight is 198 g/mol. The van der Waals surface area contributed by atoms with E-state index in [1.54, 1.807) is 6.20 Å². The Morgan fingerprint density at radius 1 is 1.77 bits per heavy atom. The third-order valence-corrected chi connectivity index (χ3v) is 3.25. The Labute approximate surface area is 79.9 Å². The smallest absolute Gasteiger partial charge is 0.307 e.